The number of H-pyrrole nitrogens is 1. The van der Waals surface area contributed by atoms with Crippen molar-refractivity contribution in [1.82, 2.24) is 15.2 Å². The van der Waals surface area contributed by atoms with Crippen molar-refractivity contribution in [1.29, 1.82) is 0 Å². The molecule has 0 atom stereocenters. The van der Waals surface area contributed by atoms with Gasteiger partial charge in [0.1, 0.15) is 0 Å². The van der Waals surface area contributed by atoms with E-state index in [1.54, 1.807) is 18.2 Å². The highest BCUT2D eigenvalue weighted by atomic mass is 35.5. The number of hydrogen-bond acceptors (Lipinski definition) is 4. The molecule has 1 aromatic heterocycles. The molecule has 0 spiro atoms. The second-order valence-corrected chi connectivity index (χ2v) is 4.64. The quantitative estimate of drug-likeness (QED) is 0.889. The number of halogens is 2. The largest absolute Gasteiger partial charge is 0.463 e. The first-order valence-corrected chi connectivity index (χ1v) is 6.63. The third kappa shape index (κ3) is 3.61. The zero-order chi connectivity index (χ0) is 14.5. The number of carbonyl (C=O) groups excluding carboxylic acids is 1. The maximum absolute atomic E-state index is 11.9. The van der Waals surface area contributed by atoms with Crippen LogP contribution in [0.25, 0.3) is 0 Å². The molecule has 0 unspecified atom stereocenters. The number of nitrogens with zero attached hydrogens (tertiary/aromatic N) is 2. The number of carbonyl (C=O) groups is 1. The average molecular weight is 315 g/mol. The minimum atomic E-state index is -0.306. The van der Waals surface area contributed by atoms with Crippen molar-refractivity contribution in [3.8, 4) is 6.01 Å². The molecule has 0 saturated heterocycles. The predicted octanol–water partition coefficient (Wildman–Crippen LogP) is 2.69. The van der Waals surface area contributed by atoms with E-state index in [1.165, 1.54) is 0 Å². The third-order valence-electron chi connectivity index (χ3n) is 2.40. The van der Waals surface area contributed by atoms with Gasteiger partial charge in [0.2, 0.25) is 11.9 Å². The van der Waals surface area contributed by atoms with Crippen molar-refractivity contribution in [2.75, 3.05) is 11.9 Å². The molecule has 1 amide bonds. The fourth-order valence-electron chi connectivity index (χ4n) is 1.53. The van der Waals surface area contributed by atoms with Crippen molar-refractivity contribution in [3.63, 3.8) is 0 Å². The Morgan fingerprint density at radius 1 is 1.40 bits per heavy atom. The Morgan fingerprint density at radius 3 is 2.75 bits per heavy atom. The normalized spacial score (nSPS) is 10.3. The summed E-state index contributed by atoms with van der Waals surface area (Å²) in [6.45, 7) is 2.26. The minimum absolute atomic E-state index is 0.0448. The lowest BCUT2D eigenvalue weighted by Crippen LogP contribution is -2.16. The average Bonchev–Trinajstić information content (AvgIpc) is 2.82. The first-order chi connectivity index (χ1) is 9.60. The topological polar surface area (TPSA) is 79.9 Å². The summed E-state index contributed by atoms with van der Waals surface area (Å²) in [6, 6.07) is 5.25. The van der Waals surface area contributed by atoms with Gasteiger partial charge < -0.3 is 4.74 Å². The lowest BCUT2D eigenvalue weighted by Gasteiger charge is -2.06. The molecule has 2 rings (SSSR count). The summed E-state index contributed by atoms with van der Waals surface area (Å²) in [7, 11) is 0. The monoisotopic (exact) mass is 314 g/mol. The summed E-state index contributed by atoms with van der Waals surface area (Å²) in [6.07, 6.45) is 0.0448. The molecule has 20 heavy (non-hydrogen) atoms. The Bertz CT molecular complexity index is 595. The number of aromatic amines is 1. The zero-order valence-electron chi connectivity index (χ0n) is 10.6. The molecule has 0 aliphatic heterocycles. The summed E-state index contributed by atoms with van der Waals surface area (Å²) < 4.78 is 5.08. The number of ether oxygens (including phenoxy) is 1. The third-order valence-corrected chi connectivity index (χ3v) is 3.10. The second kappa shape index (κ2) is 6.58. The van der Waals surface area contributed by atoms with Crippen molar-refractivity contribution in [3.05, 3.63) is 33.8 Å². The van der Waals surface area contributed by atoms with E-state index in [-0.39, 0.29) is 24.3 Å². The van der Waals surface area contributed by atoms with Gasteiger partial charge in [0.05, 0.1) is 13.0 Å². The van der Waals surface area contributed by atoms with Gasteiger partial charge in [0, 0.05) is 10.0 Å². The van der Waals surface area contributed by atoms with Gasteiger partial charge >= 0.3 is 6.01 Å². The maximum Gasteiger partial charge on any atom is 0.337 e. The van der Waals surface area contributed by atoms with Crippen LogP contribution in [-0.4, -0.2) is 27.7 Å². The first-order valence-electron chi connectivity index (χ1n) is 5.88. The molecule has 0 fully saturated rings. The lowest BCUT2D eigenvalue weighted by molar-refractivity contribution is -0.115. The van der Waals surface area contributed by atoms with Gasteiger partial charge in [0.25, 0.3) is 0 Å². The van der Waals surface area contributed by atoms with E-state index in [9.17, 15) is 4.79 Å². The van der Waals surface area contributed by atoms with Gasteiger partial charge in [-0.2, -0.15) is 4.98 Å². The van der Waals surface area contributed by atoms with Gasteiger partial charge in [-0.05, 0) is 24.6 Å². The van der Waals surface area contributed by atoms with Crippen molar-refractivity contribution >= 4 is 35.1 Å². The molecule has 1 heterocycles. The van der Waals surface area contributed by atoms with Gasteiger partial charge in [-0.3, -0.25) is 10.1 Å². The van der Waals surface area contributed by atoms with Crippen LogP contribution in [0.5, 0.6) is 6.01 Å². The van der Waals surface area contributed by atoms with Gasteiger partial charge in [0.15, 0.2) is 0 Å². The van der Waals surface area contributed by atoms with Crippen molar-refractivity contribution in [2.45, 2.75) is 13.3 Å². The number of rotatable bonds is 5. The molecule has 0 aliphatic carbocycles. The van der Waals surface area contributed by atoms with Gasteiger partial charge in [-0.25, -0.2) is 5.10 Å². The molecule has 2 N–H and O–H groups in total. The Kier molecular flexibility index (Phi) is 4.81. The van der Waals surface area contributed by atoms with E-state index < -0.39 is 0 Å². The van der Waals surface area contributed by atoms with Gasteiger partial charge in [-0.15, -0.1) is 5.10 Å². The molecule has 0 radical (unpaired) electrons. The molecule has 0 bridgehead atoms. The van der Waals surface area contributed by atoms with Gasteiger partial charge in [-0.1, -0.05) is 29.3 Å². The molecule has 0 aliphatic rings. The Hall–Kier alpha value is -1.79. The summed E-state index contributed by atoms with van der Waals surface area (Å²) in [5.74, 6) is -0.0965. The van der Waals surface area contributed by atoms with Crippen LogP contribution in [0.1, 0.15) is 12.5 Å². The van der Waals surface area contributed by atoms with E-state index in [2.05, 4.69) is 20.5 Å². The highest BCUT2D eigenvalue weighted by Crippen LogP contribution is 2.24. The van der Waals surface area contributed by atoms with Crippen LogP contribution >= 0.6 is 23.2 Å². The van der Waals surface area contributed by atoms with Crippen LogP contribution in [-0.2, 0) is 11.2 Å². The summed E-state index contributed by atoms with van der Waals surface area (Å²) >= 11 is 12.0. The summed E-state index contributed by atoms with van der Waals surface area (Å²) in [4.78, 5) is 15.8. The highest BCUT2D eigenvalue weighted by molar-refractivity contribution is 6.36. The molecular weight excluding hydrogens is 303 g/mol. The number of nitrogens with one attached hydrogen (secondary N) is 2. The summed E-state index contributed by atoms with van der Waals surface area (Å²) in [5, 5.41) is 9.78. The number of amides is 1. The number of benzene rings is 1. The van der Waals surface area contributed by atoms with Crippen LogP contribution in [0.15, 0.2) is 18.2 Å². The molecule has 1 aromatic carbocycles. The number of aromatic nitrogens is 3. The van der Waals surface area contributed by atoms with Crippen molar-refractivity contribution < 1.29 is 9.53 Å². The summed E-state index contributed by atoms with van der Waals surface area (Å²) in [5.41, 5.74) is 0.567. The maximum atomic E-state index is 11.9. The van der Waals surface area contributed by atoms with E-state index in [4.69, 9.17) is 27.9 Å². The van der Waals surface area contributed by atoms with Crippen LogP contribution in [0.2, 0.25) is 10.0 Å². The van der Waals surface area contributed by atoms with Crippen molar-refractivity contribution in [2.24, 2.45) is 0 Å². The minimum Gasteiger partial charge on any atom is -0.463 e. The predicted molar refractivity (Wildman–Crippen MR) is 76.3 cm³/mol. The molecule has 106 valence electrons. The second-order valence-electron chi connectivity index (χ2n) is 3.82. The van der Waals surface area contributed by atoms with Crippen LogP contribution in [0.3, 0.4) is 0 Å². The van der Waals surface area contributed by atoms with E-state index in [1.807, 2.05) is 6.92 Å². The fourth-order valence-corrected chi connectivity index (χ4v) is 2.07. The Balaban J connectivity index is 2.01. The molecule has 2 aromatic rings. The fraction of sp³-hybridized carbons (Fsp3) is 0.250. The molecule has 0 saturated carbocycles. The molecule has 8 heteroatoms. The molecular formula is C12H12Cl2N4O2. The number of hydrogen-bond donors (Lipinski definition) is 2. The zero-order valence-corrected chi connectivity index (χ0v) is 12.1. The lowest BCUT2D eigenvalue weighted by atomic mass is 10.1. The standard InChI is InChI=1S/C12H12Cl2N4O2/c1-2-20-12-16-11(17-18-12)15-10(19)6-7-8(13)4-3-5-9(7)14/h3-5H,2,6H2,1H3,(H2,15,16,17,18,19). The SMILES string of the molecule is CCOc1n[nH]c(NC(=O)Cc2c(Cl)cccc2Cl)n1. The Labute approximate surface area is 125 Å². The van der Waals surface area contributed by atoms with Crippen LogP contribution in [0, 0.1) is 0 Å². The first kappa shape index (κ1) is 14.6. The molecule has 6 nitrogen and oxygen atoms in total. The van der Waals surface area contributed by atoms with Crippen LogP contribution in [0.4, 0.5) is 5.95 Å². The van der Waals surface area contributed by atoms with E-state index in [0.717, 1.165) is 0 Å². The number of anilines is 1. The Morgan fingerprint density at radius 2 is 2.10 bits per heavy atom. The highest BCUT2D eigenvalue weighted by Gasteiger charge is 2.13. The van der Waals surface area contributed by atoms with Crippen LogP contribution < -0.4 is 10.1 Å². The van der Waals surface area contributed by atoms with E-state index in [0.29, 0.717) is 22.2 Å². The smallest absolute Gasteiger partial charge is 0.337 e. The van der Waals surface area contributed by atoms with E-state index >= 15 is 0 Å².